The zero-order chi connectivity index (χ0) is 21.7. The lowest BCUT2D eigenvalue weighted by atomic mass is 10.0. The highest BCUT2D eigenvalue weighted by Crippen LogP contribution is 2.25. The number of ether oxygens (including phenoxy) is 1. The molecule has 1 aromatic heterocycles. The maximum absolute atomic E-state index is 12.2. The fraction of sp³-hybridized carbons (Fsp3) is 0.182. The van der Waals surface area contributed by atoms with Crippen molar-refractivity contribution >= 4 is 17.6 Å². The van der Waals surface area contributed by atoms with Crippen LogP contribution < -0.4 is 5.32 Å². The van der Waals surface area contributed by atoms with Gasteiger partial charge in [-0.1, -0.05) is 24.3 Å². The molecule has 0 spiro atoms. The molecule has 0 aliphatic heterocycles. The van der Waals surface area contributed by atoms with Gasteiger partial charge in [0.05, 0.1) is 11.0 Å². The number of hydrogen-bond donors (Lipinski definition) is 1. The number of amides is 1. The van der Waals surface area contributed by atoms with Crippen LogP contribution in [0.25, 0.3) is 11.3 Å². The number of nitrogens with one attached hydrogen (secondary N) is 1. The van der Waals surface area contributed by atoms with Gasteiger partial charge in [0.15, 0.2) is 6.61 Å². The number of carbonyl (C=O) groups excluding carboxylic acids is 2. The molecule has 1 N–H and O–H groups in total. The molecule has 0 bridgehead atoms. The second kappa shape index (κ2) is 9.04. The Labute approximate surface area is 172 Å². The Morgan fingerprint density at radius 2 is 1.80 bits per heavy atom. The fourth-order valence-corrected chi connectivity index (χ4v) is 2.99. The molecule has 2 aromatic carbocycles. The van der Waals surface area contributed by atoms with Crippen molar-refractivity contribution in [1.29, 1.82) is 0 Å². The predicted octanol–water partition coefficient (Wildman–Crippen LogP) is 4.20. The van der Waals surface area contributed by atoms with Crippen LogP contribution in [0.1, 0.15) is 34.6 Å². The molecule has 1 heterocycles. The summed E-state index contributed by atoms with van der Waals surface area (Å²) in [5.41, 5.74) is 2.56. The number of benzene rings is 2. The highest BCUT2D eigenvalue weighted by atomic mass is 16.6. The summed E-state index contributed by atoms with van der Waals surface area (Å²) in [5, 5.41) is 13.5. The maximum atomic E-state index is 12.2. The van der Waals surface area contributed by atoms with Gasteiger partial charge in [-0.15, -0.1) is 0 Å². The first-order valence-electron chi connectivity index (χ1n) is 9.22. The van der Waals surface area contributed by atoms with Crippen molar-refractivity contribution in [2.75, 3.05) is 6.61 Å². The van der Waals surface area contributed by atoms with E-state index in [1.54, 1.807) is 6.07 Å². The Kier molecular flexibility index (Phi) is 6.26. The van der Waals surface area contributed by atoms with Crippen molar-refractivity contribution in [3.05, 3.63) is 87.7 Å². The van der Waals surface area contributed by atoms with Gasteiger partial charge < -0.3 is 14.5 Å². The summed E-state index contributed by atoms with van der Waals surface area (Å²) in [6.07, 6.45) is 0. The number of nitro benzene ring substituents is 1. The van der Waals surface area contributed by atoms with E-state index in [1.165, 1.54) is 30.3 Å². The van der Waals surface area contributed by atoms with Gasteiger partial charge in [-0.2, -0.15) is 0 Å². The topological polar surface area (TPSA) is 112 Å². The summed E-state index contributed by atoms with van der Waals surface area (Å²) in [7, 11) is 0. The zero-order valence-electron chi connectivity index (χ0n) is 16.5. The van der Waals surface area contributed by atoms with Gasteiger partial charge in [-0.3, -0.25) is 14.9 Å². The quantitative estimate of drug-likeness (QED) is 0.356. The van der Waals surface area contributed by atoms with E-state index >= 15 is 0 Å². The number of nitrogens with zero attached hydrogens (tertiary/aromatic N) is 1. The van der Waals surface area contributed by atoms with Crippen LogP contribution in [0.5, 0.6) is 0 Å². The van der Waals surface area contributed by atoms with Crippen molar-refractivity contribution in [1.82, 2.24) is 5.32 Å². The minimum Gasteiger partial charge on any atom is -0.450 e. The van der Waals surface area contributed by atoms with Gasteiger partial charge in [-0.05, 0) is 49.2 Å². The summed E-state index contributed by atoms with van der Waals surface area (Å²) >= 11 is 0. The molecule has 0 fully saturated rings. The summed E-state index contributed by atoms with van der Waals surface area (Å²) in [5.74, 6) is -0.916. The molecule has 1 amide bonds. The molecule has 0 aliphatic carbocycles. The third-order valence-electron chi connectivity index (χ3n) is 4.54. The van der Waals surface area contributed by atoms with Crippen LogP contribution in [-0.4, -0.2) is 23.4 Å². The molecular weight excluding hydrogens is 388 g/mol. The van der Waals surface area contributed by atoms with Crippen LogP contribution in [-0.2, 0) is 9.53 Å². The standard InChI is InChI=1S/C22H20N2O6/c1-14-5-3-4-6-18(14)15(2)23-21(25)13-29-22(26)20-12-11-19(30-20)16-7-9-17(10-8-16)24(27)28/h3-12,15H,13H2,1-2H3,(H,23,25). The highest BCUT2D eigenvalue weighted by molar-refractivity contribution is 5.89. The lowest BCUT2D eigenvalue weighted by Gasteiger charge is -2.16. The monoisotopic (exact) mass is 408 g/mol. The first kappa shape index (κ1) is 20.8. The van der Waals surface area contributed by atoms with E-state index in [2.05, 4.69) is 5.32 Å². The van der Waals surface area contributed by atoms with Gasteiger partial charge in [-0.25, -0.2) is 4.79 Å². The number of furan rings is 1. The first-order valence-corrected chi connectivity index (χ1v) is 9.22. The lowest BCUT2D eigenvalue weighted by Crippen LogP contribution is -2.31. The van der Waals surface area contributed by atoms with Gasteiger partial charge >= 0.3 is 5.97 Å². The molecule has 8 nitrogen and oxygen atoms in total. The molecule has 0 radical (unpaired) electrons. The van der Waals surface area contributed by atoms with Crippen molar-refractivity contribution in [3.63, 3.8) is 0 Å². The van der Waals surface area contributed by atoms with Crippen molar-refractivity contribution < 1.29 is 23.7 Å². The largest absolute Gasteiger partial charge is 0.450 e. The fourth-order valence-electron chi connectivity index (χ4n) is 2.99. The SMILES string of the molecule is Cc1ccccc1C(C)NC(=O)COC(=O)c1ccc(-c2ccc([N+](=O)[O-])cc2)o1. The van der Waals surface area contributed by atoms with Crippen LogP contribution in [0, 0.1) is 17.0 Å². The van der Waals surface area contributed by atoms with E-state index in [9.17, 15) is 19.7 Å². The van der Waals surface area contributed by atoms with E-state index in [1.807, 2.05) is 38.1 Å². The van der Waals surface area contributed by atoms with Crippen molar-refractivity contribution in [2.24, 2.45) is 0 Å². The minimum absolute atomic E-state index is 0.0455. The molecule has 154 valence electrons. The third-order valence-corrected chi connectivity index (χ3v) is 4.54. The van der Waals surface area contributed by atoms with Crippen LogP contribution in [0.3, 0.4) is 0 Å². The van der Waals surface area contributed by atoms with Crippen LogP contribution >= 0.6 is 0 Å². The zero-order valence-corrected chi connectivity index (χ0v) is 16.5. The van der Waals surface area contributed by atoms with E-state index in [0.29, 0.717) is 11.3 Å². The van der Waals surface area contributed by atoms with Gasteiger partial charge in [0.1, 0.15) is 5.76 Å². The number of carbonyl (C=O) groups is 2. The van der Waals surface area contributed by atoms with Gasteiger partial charge in [0.2, 0.25) is 5.76 Å². The first-order chi connectivity index (χ1) is 14.3. The molecular formula is C22H20N2O6. The van der Waals surface area contributed by atoms with Crippen molar-refractivity contribution in [2.45, 2.75) is 19.9 Å². The van der Waals surface area contributed by atoms with Gasteiger partial charge in [0.25, 0.3) is 11.6 Å². The van der Waals surface area contributed by atoms with Crippen LogP contribution in [0.2, 0.25) is 0 Å². The van der Waals surface area contributed by atoms with Crippen LogP contribution in [0.4, 0.5) is 5.69 Å². The number of non-ortho nitro benzene ring substituents is 1. The molecule has 0 saturated carbocycles. The minimum atomic E-state index is -0.776. The van der Waals surface area contributed by atoms with Crippen molar-refractivity contribution in [3.8, 4) is 11.3 Å². The Morgan fingerprint density at radius 1 is 1.10 bits per heavy atom. The summed E-state index contributed by atoms with van der Waals surface area (Å²) in [6.45, 7) is 3.37. The molecule has 0 aliphatic rings. The molecule has 30 heavy (non-hydrogen) atoms. The van der Waals surface area contributed by atoms with Crippen LogP contribution in [0.15, 0.2) is 65.1 Å². The van der Waals surface area contributed by atoms with E-state index in [-0.39, 0.29) is 17.5 Å². The number of aryl methyl sites for hydroxylation is 1. The maximum Gasteiger partial charge on any atom is 0.374 e. The Hall–Kier alpha value is -3.94. The second-order valence-corrected chi connectivity index (χ2v) is 6.69. The number of esters is 1. The smallest absolute Gasteiger partial charge is 0.374 e. The number of rotatable bonds is 7. The number of nitro groups is 1. The molecule has 1 unspecified atom stereocenters. The van der Waals surface area contributed by atoms with E-state index < -0.39 is 23.4 Å². The summed E-state index contributed by atoms with van der Waals surface area (Å²) in [4.78, 5) is 34.5. The average molecular weight is 408 g/mol. The number of hydrogen-bond acceptors (Lipinski definition) is 6. The Balaban J connectivity index is 1.56. The Morgan fingerprint density at radius 3 is 2.47 bits per heavy atom. The average Bonchev–Trinajstić information content (AvgIpc) is 3.22. The molecule has 8 heteroatoms. The summed E-state index contributed by atoms with van der Waals surface area (Å²) < 4.78 is 10.5. The second-order valence-electron chi connectivity index (χ2n) is 6.69. The molecule has 3 aromatic rings. The molecule has 0 saturated heterocycles. The predicted molar refractivity (Wildman–Crippen MR) is 109 cm³/mol. The Bertz CT molecular complexity index is 1070. The molecule has 1 atom stereocenters. The lowest BCUT2D eigenvalue weighted by molar-refractivity contribution is -0.384. The molecule has 3 rings (SSSR count). The summed E-state index contributed by atoms with van der Waals surface area (Å²) in [6, 6.07) is 16.2. The third kappa shape index (κ3) is 4.91. The van der Waals surface area contributed by atoms with E-state index in [4.69, 9.17) is 9.15 Å². The highest BCUT2D eigenvalue weighted by Gasteiger charge is 2.17. The van der Waals surface area contributed by atoms with Gasteiger partial charge in [0, 0.05) is 17.7 Å². The van der Waals surface area contributed by atoms with E-state index in [0.717, 1.165) is 11.1 Å². The normalized spacial score (nSPS) is 11.5.